The van der Waals surface area contributed by atoms with Crippen molar-refractivity contribution < 1.29 is 14.6 Å². The minimum absolute atomic E-state index is 0.512. The van der Waals surface area contributed by atoms with E-state index in [1.165, 1.54) is 5.56 Å². The van der Waals surface area contributed by atoms with Crippen LogP contribution in [0.1, 0.15) is 24.0 Å². The van der Waals surface area contributed by atoms with Gasteiger partial charge in [0.25, 0.3) is 0 Å². The molecule has 0 amide bonds. The smallest absolute Gasteiger partial charge is 0.320 e. The van der Waals surface area contributed by atoms with Crippen LogP contribution >= 0.6 is 11.8 Å². The van der Waals surface area contributed by atoms with Crippen LogP contribution in [0.25, 0.3) is 0 Å². The Kier molecular flexibility index (Phi) is 7.47. The number of nitrogens with two attached hydrogens (primary N) is 1. The Bertz CT molecular complexity index is 437. The maximum Gasteiger partial charge on any atom is 0.320 e. The van der Waals surface area contributed by atoms with E-state index >= 15 is 0 Å². The second-order valence-electron chi connectivity index (χ2n) is 4.82. The molecule has 5 heteroatoms. The second kappa shape index (κ2) is 8.87. The number of carbonyl (C=O) groups is 1. The van der Waals surface area contributed by atoms with E-state index in [9.17, 15) is 4.79 Å². The van der Waals surface area contributed by atoms with Gasteiger partial charge in [-0.05, 0) is 55.4 Å². The average molecular weight is 297 g/mol. The number of aliphatic carboxylic acids is 1. The summed E-state index contributed by atoms with van der Waals surface area (Å²) in [5.74, 6) is 1.75. The van der Waals surface area contributed by atoms with Gasteiger partial charge in [0.1, 0.15) is 11.8 Å². The minimum Gasteiger partial charge on any atom is -0.493 e. The summed E-state index contributed by atoms with van der Waals surface area (Å²) in [6, 6.07) is 5.44. The topological polar surface area (TPSA) is 72.5 Å². The minimum atomic E-state index is -0.927. The highest BCUT2D eigenvalue weighted by Gasteiger charge is 2.10. The zero-order chi connectivity index (χ0) is 15.0. The fraction of sp³-hybridized carbons (Fsp3) is 0.533. The first-order chi connectivity index (χ1) is 9.50. The van der Waals surface area contributed by atoms with Crippen LogP contribution in [0.4, 0.5) is 0 Å². The molecule has 1 aromatic rings. The molecule has 0 fully saturated rings. The first-order valence-corrected chi connectivity index (χ1v) is 7.92. The maximum absolute atomic E-state index is 10.5. The number of carboxylic acids is 1. The van der Waals surface area contributed by atoms with Crippen molar-refractivity contribution in [2.45, 2.75) is 32.7 Å². The van der Waals surface area contributed by atoms with Gasteiger partial charge in [0, 0.05) is 0 Å². The van der Waals surface area contributed by atoms with E-state index in [0.29, 0.717) is 13.0 Å². The lowest BCUT2D eigenvalue weighted by atomic mass is 10.1. The quantitative estimate of drug-likeness (QED) is 0.685. The van der Waals surface area contributed by atoms with Gasteiger partial charge in [-0.2, -0.15) is 11.8 Å². The molecule has 0 spiro atoms. The Morgan fingerprint density at radius 1 is 1.40 bits per heavy atom. The highest BCUT2D eigenvalue weighted by molar-refractivity contribution is 7.99. The molecule has 0 heterocycles. The highest BCUT2D eigenvalue weighted by atomic mass is 32.2. The monoisotopic (exact) mass is 297 g/mol. The Balaban J connectivity index is 2.10. The lowest BCUT2D eigenvalue weighted by Crippen LogP contribution is -2.30. The Labute approximate surface area is 124 Å². The van der Waals surface area contributed by atoms with Crippen molar-refractivity contribution in [3.05, 3.63) is 29.3 Å². The van der Waals surface area contributed by atoms with E-state index in [1.54, 1.807) is 11.8 Å². The number of thioether (sulfide) groups is 1. The molecular formula is C15H23NO3S. The van der Waals surface area contributed by atoms with Gasteiger partial charge in [0.15, 0.2) is 0 Å². The molecule has 20 heavy (non-hydrogen) atoms. The summed E-state index contributed by atoms with van der Waals surface area (Å²) in [6.45, 7) is 4.77. The van der Waals surface area contributed by atoms with Gasteiger partial charge in [0.2, 0.25) is 0 Å². The lowest BCUT2D eigenvalue weighted by Gasteiger charge is -2.10. The third kappa shape index (κ3) is 6.30. The van der Waals surface area contributed by atoms with Crippen molar-refractivity contribution in [1.82, 2.24) is 0 Å². The molecule has 4 nitrogen and oxygen atoms in total. The van der Waals surface area contributed by atoms with E-state index in [1.807, 2.05) is 19.9 Å². The predicted molar refractivity (Wildman–Crippen MR) is 83.6 cm³/mol. The molecule has 1 unspecified atom stereocenters. The van der Waals surface area contributed by atoms with Gasteiger partial charge in [0.05, 0.1) is 6.61 Å². The fourth-order valence-corrected chi connectivity index (χ4v) is 2.59. The number of hydrogen-bond acceptors (Lipinski definition) is 4. The van der Waals surface area contributed by atoms with Crippen molar-refractivity contribution in [2.75, 3.05) is 18.1 Å². The third-order valence-corrected chi connectivity index (χ3v) is 4.03. The molecule has 0 aliphatic heterocycles. The first-order valence-electron chi connectivity index (χ1n) is 6.77. The van der Waals surface area contributed by atoms with Crippen molar-refractivity contribution in [1.29, 1.82) is 0 Å². The van der Waals surface area contributed by atoms with E-state index in [2.05, 4.69) is 12.1 Å². The molecule has 1 rings (SSSR count). The average Bonchev–Trinajstić information content (AvgIpc) is 2.41. The highest BCUT2D eigenvalue weighted by Crippen LogP contribution is 2.19. The molecule has 1 atom stereocenters. The van der Waals surface area contributed by atoms with Crippen LogP contribution in [-0.2, 0) is 4.79 Å². The van der Waals surface area contributed by atoms with Gasteiger partial charge < -0.3 is 15.6 Å². The normalized spacial score (nSPS) is 12.2. The van der Waals surface area contributed by atoms with E-state index < -0.39 is 12.0 Å². The summed E-state index contributed by atoms with van der Waals surface area (Å²) < 4.78 is 5.75. The molecule has 112 valence electrons. The Morgan fingerprint density at radius 2 is 2.15 bits per heavy atom. The van der Waals surface area contributed by atoms with Crippen LogP contribution in [0.5, 0.6) is 5.75 Å². The van der Waals surface area contributed by atoms with Crippen LogP contribution in [0.3, 0.4) is 0 Å². The molecule has 0 aliphatic rings. The number of carboxylic acid groups (broad SMARTS) is 1. The summed E-state index contributed by atoms with van der Waals surface area (Å²) in [5.41, 5.74) is 7.77. The van der Waals surface area contributed by atoms with Crippen molar-refractivity contribution in [3.63, 3.8) is 0 Å². The Hall–Kier alpha value is -1.20. The summed E-state index contributed by atoms with van der Waals surface area (Å²) in [7, 11) is 0. The molecule has 0 saturated carbocycles. The molecule has 0 aromatic heterocycles. The second-order valence-corrected chi connectivity index (χ2v) is 6.04. The van der Waals surface area contributed by atoms with Crippen LogP contribution < -0.4 is 10.5 Å². The third-order valence-electron chi connectivity index (χ3n) is 2.92. The summed E-state index contributed by atoms with van der Waals surface area (Å²) >= 11 is 1.72. The maximum atomic E-state index is 10.5. The van der Waals surface area contributed by atoms with Crippen LogP contribution in [0.2, 0.25) is 0 Å². The molecule has 0 aliphatic carbocycles. The number of hydrogen-bond donors (Lipinski definition) is 2. The van der Waals surface area contributed by atoms with Gasteiger partial charge in [-0.25, -0.2) is 0 Å². The number of rotatable bonds is 9. The standard InChI is InChI=1S/C15H23NO3S/c1-11-4-5-12(2)14(10-11)19-7-3-8-20-9-6-13(16)15(17)18/h4-5,10,13H,3,6-9,16H2,1-2H3,(H,17,18). The largest absolute Gasteiger partial charge is 0.493 e. The van der Waals surface area contributed by atoms with Crippen LogP contribution in [-0.4, -0.2) is 35.2 Å². The number of benzene rings is 1. The summed E-state index contributed by atoms with van der Waals surface area (Å²) in [5, 5.41) is 8.64. The molecule has 0 radical (unpaired) electrons. The van der Waals surface area contributed by atoms with Gasteiger partial charge >= 0.3 is 5.97 Å². The predicted octanol–water partition coefficient (Wildman–Crippen LogP) is 2.61. The van der Waals surface area contributed by atoms with Gasteiger partial charge in [-0.15, -0.1) is 0 Å². The SMILES string of the molecule is Cc1ccc(C)c(OCCCSCCC(N)C(=O)O)c1. The first kappa shape index (κ1) is 16.9. The van der Waals surface area contributed by atoms with E-state index in [-0.39, 0.29) is 0 Å². The summed E-state index contributed by atoms with van der Waals surface area (Å²) in [4.78, 5) is 10.5. The van der Waals surface area contributed by atoms with Crippen LogP contribution in [0, 0.1) is 13.8 Å². The van der Waals surface area contributed by atoms with Crippen LogP contribution in [0.15, 0.2) is 18.2 Å². The van der Waals surface area contributed by atoms with E-state index in [4.69, 9.17) is 15.6 Å². The number of aryl methyl sites for hydroxylation is 2. The van der Waals surface area contributed by atoms with Crippen molar-refractivity contribution in [2.24, 2.45) is 5.73 Å². The zero-order valence-electron chi connectivity index (χ0n) is 12.1. The summed E-state index contributed by atoms with van der Waals surface area (Å²) in [6.07, 6.45) is 1.46. The molecular weight excluding hydrogens is 274 g/mol. The zero-order valence-corrected chi connectivity index (χ0v) is 12.9. The van der Waals surface area contributed by atoms with Crippen molar-refractivity contribution in [3.8, 4) is 5.75 Å². The van der Waals surface area contributed by atoms with E-state index in [0.717, 1.165) is 29.2 Å². The molecule has 0 saturated heterocycles. The van der Waals surface area contributed by atoms with Gasteiger partial charge in [-0.3, -0.25) is 4.79 Å². The molecule has 1 aromatic carbocycles. The Morgan fingerprint density at radius 3 is 2.85 bits per heavy atom. The molecule has 3 N–H and O–H groups in total. The molecule has 0 bridgehead atoms. The van der Waals surface area contributed by atoms with Crippen molar-refractivity contribution >= 4 is 17.7 Å². The lowest BCUT2D eigenvalue weighted by molar-refractivity contribution is -0.138. The fourth-order valence-electron chi connectivity index (χ4n) is 1.64. The number of ether oxygens (including phenoxy) is 1. The van der Waals surface area contributed by atoms with Gasteiger partial charge in [-0.1, -0.05) is 12.1 Å².